The van der Waals surface area contributed by atoms with Crippen molar-refractivity contribution in [2.75, 3.05) is 0 Å². The van der Waals surface area contributed by atoms with Crippen LogP contribution >= 0.6 is 0 Å². The van der Waals surface area contributed by atoms with Gasteiger partial charge in [-0.15, -0.1) is 0 Å². The number of carbonyl (C=O) groups excluding carboxylic acids is 1. The number of hydrogen-bond acceptors (Lipinski definition) is 4. The number of nitrogens with zero attached hydrogens (tertiary/aromatic N) is 4. The summed E-state index contributed by atoms with van der Waals surface area (Å²) in [5, 5.41) is 5.90. The number of amides is 1. The molecule has 6 nitrogen and oxygen atoms in total. The predicted octanol–water partition coefficient (Wildman–Crippen LogP) is 4.99. The van der Waals surface area contributed by atoms with Crippen LogP contribution in [0, 0.1) is 0 Å². The lowest BCUT2D eigenvalue weighted by Crippen LogP contribution is -2.28. The van der Waals surface area contributed by atoms with Crippen LogP contribution in [0.5, 0.6) is 0 Å². The fraction of sp³-hybridized carbons (Fsp3) is 0.143. The number of aryl methyl sites for hydroxylation is 1. The Morgan fingerprint density at radius 1 is 0.941 bits per heavy atom. The van der Waals surface area contributed by atoms with Crippen LogP contribution in [0.2, 0.25) is 0 Å². The molecule has 0 radical (unpaired) electrons. The summed E-state index contributed by atoms with van der Waals surface area (Å²) in [6.07, 6.45) is 4.98. The molecule has 0 aliphatic carbocycles. The zero-order valence-corrected chi connectivity index (χ0v) is 18.9. The summed E-state index contributed by atoms with van der Waals surface area (Å²) >= 11 is 0. The van der Waals surface area contributed by atoms with Crippen molar-refractivity contribution in [3.8, 4) is 22.5 Å². The fourth-order valence-electron chi connectivity index (χ4n) is 4.24. The Hall–Kier alpha value is -4.32. The third-order valence-electron chi connectivity index (χ3n) is 6.00. The molecule has 1 atom stereocenters. The third-order valence-corrected chi connectivity index (χ3v) is 6.00. The monoisotopic (exact) mass is 447 g/mol. The van der Waals surface area contributed by atoms with Crippen LogP contribution in [0.15, 0.2) is 91.3 Å². The normalized spacial score (nSPS) is 12.0. The number of nitrogens with two attached hydrogens (primary N) is 1. The summed E-state index contributed by atoms with van der Waals surface area (Å²) in [4.78, 5) is 21.9. The fourth-order valence-corrected chi connectivity index (χ4v) is 4.24. The highest BCUT2D eigenvalue weighted by molar-refractivity contribution is 5.97. The lowest BCUT2D eigenvalue weighted by atomic mass is 10.0. The number of primary amides is 1. The van der Waals surface area contributed by atoms with E-state index in [4.69, 9.17) is 15.8 Å². The predicted molar refractivity (Wildman–Crippen MR) is 134 cm³/mol. The molecule has 0 saturated heterocycles. The van der Waals surface area contributed by atoms with E-state index in [1.807, 2.05) is 85.1 Å². The second kappa shape index (κ2) is 9.27. The average molecular weight is 448 g/mol. The third kappa shape index (κ3) is 4.18. The van der Waals surface area contributed by atoms with Crippen LogP contribution in [-0.4, -0.2) is 25.7 Å². The van der Waals surface area contributed by atoms with Crippen molar-refractivity contribution in [3.63, 3.8) is 0 Å². The zero-order chi connectivity index (χ0) is 23.5. The Balaban J connectivity index is 1.70. The first-order valence-electron chi connectivity index (χ1n) is 11.4. The van der Waals surface area contributed by atoms with E-state index in [1.165, 1.54) is 0 Å². The van der Waals surface area contributed by atoms with Gasteiger partial charge in [0.15, 0.2) is 0 Å². The van der Waals surface area contributed by atoms with E-state index in [9.17, 15) is 4.79 Å². The van der Waals surface area contributed by atoms with Crippen molar-refractivity contribution in [2.24, 2.45) is 5.73 Å². The van der Waals surface area contributed by atoms with Gasteiger partial charge < -0.3 is 5.73 Å². The van der Waals surface area contributed by atoms with E-state index >= 15 is 0 Å². The van der Waals surface area contributed by atoms with Crippen molar-refractivity contribution in [1.29, 1.82) is 0 Å². The molecule has 1 unspecified atom stereocenters. The van der Waals surface area contributed by atoms with Crippen molar-refractivity contribution in [2.45, 2.75) is 25.8 Å². The number of rotatable bonds is 7. The van der Waals surface area contributed by atoms with Gasteiger partial charge >= 0.3 is 0 Å². The van der Waals surface area contributed by atoms with Gasteiger partial charge in [0.25, 0.3) is 0 Å². The summed E-state index contributed by atoms with van der Waals surface area (Å²) in [5.41, 5.74) is 12.1. The number of aromatic nitrogens is 4. The Labute approximate surface area is 198 Å². The zero-order valence-electron chi connectivity index (χ0n) is 18.9. The highest BCUT2D eigenvalue weighted by Gasteiger charge is 2.24. The number of pyridine rings is 2. The second-order valence-electron chi connectivity index (χ2n) is 8.22. The first kappa shape index (κ1) is 21.5. The van der Waals surface area contributed by atoms with Gasteiger partial charge in [-0.25, -0.2) is 0 Å². The van der Waals surface area contributed by atoms with Gasteiger partial charge in [0.05, 0.1) is 11.2 Å². The molecule has 5 rings (SSSR count). The Morgan fingerprint density at radius 2 is 1.74 bits per heavy atom. The summed E-state index contributed by atoms with van der Waals surface area (Å²) in [7, 11) is 0. The van der Waals surface area contributed by atoms with E-state index in [-0.39, 0.29) is 0 Å². The van der Waals surface area contributed by atoms with Gasteiger partial charge in [-0.05, 0) is 41.8 Å². The largest absolute Gasteiger partial charge is 0.368 e. The van der Waals surface area contributed by atoms with Crippen molar-refractivity contribution in [1.82, 2.24) is 19.7 Å². The summed E-state index contributed by atoms with van der Waals surface area (Å²) < 4.78 is 1.69. The molecule has 0 aliphatic rings. The maximum atomic E-state index is 12.5. The molecule has 3 aromatic heterocycles. The molecule has 34 heavy (non-hydrogen) atoms. The molecule has 168 valence electrons. The molecule has 2 N–H and O–H groups in total. The van der Waals surface area contributed by atoms with Crippen LogP contribution in [0.1, 0.15) is 24.2 Å². The number of hydrogen-bond donors (Lipinski definition) is 1. The summed E-state index contributed by atoms with van der Waals surface area (Å²) in [5.74, 6) is -0.431. The van der Waals surface area contributed by atoms with E-state index in [2.05, 4.69) is 11.9 Å². The molecule has 6 heteroatoms. The molecule has 0 fully saturated rings. The number of carbonyl (C=O) groups is 1. The number of fused-ring (bicyclic) bond motifs is 1. The maximum absolute atomic E-state index is 12.5. The second-order valence-corrected chi connectivity index (χ2v) is 8.22. The van der Waals surface area contributed by atoms with Crippen molar-refractivity contribution >= 4 is 16.8 Å². The first-order chi connectivity index (χ1) is 16.6. The SMILES string of the molecule is CCc1cccc(-c2nn(C(Cc3ccccc3)C(N)=O)cc2-c2ccnc3ccccc23)n1. The van der Waals surface area contributed by atoms with Gasteiger partial charge in [-0.2, -0.15) is 5.10 Å². The molecule has 5 aromatic rings. The first-order valence-corrected chi connectivity index (χ1v) is 11.4. The molecular weight excluding hydrogens is 422 g/mol. The number of benzene rings is 2. The minimum Gasteiger partial charge on any atom is -0.368 e. The van der Waals surface area contributed by atoms with Crippen LogP contribution in [-0.2, 0) is 17.6 Å². The maximum Gasteiger partial charge on any atom is 0.242 e. The Morgan fingerprint density at radius 3 is 2.53 bits per heavy atom. The molecular formula is C28H25N5O. The van der Waals surface area contributed by atoms with E-state index < -0.39 is 11.9 Å². The quantitative estimate of drug-likeness (QED) is 0.381. The van der Waals surface area contributed by atoms with Crippen LogP contribution in [0.4, 0.5) is 0 Å². The topological polar surface area (TPSA) is 86.7 Å². The molecule has 0 bridgehead atoms. The van der Waals surface area contributed by atoms with Gasteiger partial charge in [0, 0.05) is 35.5 Å². The standard InChI is InChI=1S/C28H25N5O/c1-2-20-11-8-14-25(31-20)27-23(21-15-16-30-24-13-7-6-12-22(21)24)18-33(32-27)26(28(29)34)17-19-9-4-3-5-10-19/h3-16,18,26H,2,17H2,1H3,(H2,29,34). The summed E-state index contributed by atoms with van der Waals surface area (Å²) in [6.45, 7) is 2.07. The van der Waals surface area contributed by atoms with Gasteiger partial charge in [-0.3, -0.25) is 19.4 Å². The minimum atomic E-state index is -0.627. The van der Waals surface area contributed by atoms with E-state index in [0.29, 0.717) is 12.1 Å². The van der Waals surface area contributed by atoms with Gasteiger partial charge in [0.2, 0.25) is 5.91 Å². The van der Waals surface area contributed by atoms with E-state index in [0.717, 1.165) is 45.4 Å². The average Bonchev–Trinajstić information content (AvgIpc) is 3.32. The molecule has 3 heterocycles. The van der Waals surface area contributed by atoms with Crippen LogP contribution < -0.4 is 5.73 Å². The molecule has 2 aromatic carbocycles. The lowest BCUT2D eigenvalue weighted by Gasteiger charge is -2.14. The highest BCUT2D eigenvalue weighted by atomic mass is 16.1. The Kier molecular flexibility index (Phi) is 5.87. The molecule has 0 saturated carbocycles. The van der Waals surface area contributed by atoms with E-state index in [1.54, 1.807) is 10.9 Å². The van der Waals surface area contributed by atoms with Gasteiger partial charge in [0.1, 0.15) is 11.7 Å². The smallest absolute Gasteiger partial charge is 0.242 e. The minimum absolute atomic E-state index is 0.431. The van der Waals surface area contributed by atoms with Gasteiger partial charge in [-0.1, -0.05) is 61.5 Å². The molecule has 1 amide bonds. The van der Waals surface area contributed by atoms with Crippen molar-refractivity contribution in [3.05, 3.63) is 103 Å². The molecule has 0 spiro atoms. The summed E-state index contributed by atoms with van der Waals surface area (Å²) in [6, 6.07) is 25.1. The van der Waals surface area contributed by atoms with Crippen LogP contribution in [0.25, 0.3) is 33.4 Å². The lowest BCUT2D eigenvalue weighted by molar-refractivity contribution is -0.121. The van der Waals surface area contributed by atoms with Crippen molar-refractivity contribution < 1.29 is 4.79 Å². The Bertz CT molecular complexity index is 1450. The highest BCUT2D eigenvalue weighted by Crippen LogP contribution is 2.35. The number of para-hydroxylation sites is 1. The van der Waals surface area contributed by atoms with Crippen LogP contribution in [0.3, 0.4) is 0 Å². The molecule has 0 aliphatic heterocycles.